The molecule has 1 atom stereocenters. The van der Waals surface area contributed by atoms with Crippen LogP contribution in [0.3, 0.4) is 0 Å². The Morgan fingerprint density at radius 1 is 0.964 bits per heavy atom. The summed E-state index contributed by atoms with van der Waals surface area (Å²) in [5.41, 5.74) is 3.00. The Labute approximate surface area is 165 Å². The first-order chi connectivity index (χ1) is 13.3. The zero-order valence-electron chi connectivity index (χ0n) is 16.1. The highest BCUT2D eigenvalue weighted by Crippen LogP contribution is 2.40. The molecule has 0 amide bonds. The van der Waals surface area contributed by atoms with E-state index in [9.17, 15) is 8.42 Å². The van der Waals surface area contributed by atoms with E-state index in [-0.39, 0.29) is 10.3 Å². The maximum absolute atomic E-state index is 13.3. The first-order valence-electron chi connectivity index (χ1n) is 9.15. The average molecular weight is 395 g/mol. The van der Waals surface area contributed by atoms with Gasteiger partial charge >= 0.3 is 0 Å². The van der Waals surface area contributed by atoms with Gasteiger partial charge in [0, 0.05) is 29.9 Å². The van der Waals surface area contributed by atoms with Gasteiger partial charge in [0.05, 0.1) is 22.0 Å². The predicted molar refractivity (Wildman–Crippen MR) is 109 cm³/mol. The lowest BCUT2D eigenvalue weighted by atomic mass is 9.86. The first-order valence-corrected chi connectivity index (χ1v) is 10.6. The summed E-state index contributed by atoms with van der Waals surface area (Å²) in [5.74, 6) is 0. The molecule has 2 aromatic carbocycles. The minimum atomic E-state index is -3.77. The average Bonchev–Trinajstić information content (AvgIpc) is 3.15. The molecule has 1 aromatic heterocycles. The van der Waals surface area contributed by atoms with Crippen molar-refractivity contribution in [1.29, 1.82) is 0 Å². The summed E-state index contributed by atoms with van der Waals surface area (Å²) in [4.78, 5) is 8.89. The lowest BCUT2D eigenvalue weighted by Crippen LogP contribution is -2.27. The zero-order chi connectivity index (χ0) is 19.9. The number of benzene rings is 2. The van der Waals surface area contributed by atoms with Crippen molar-refractivity contribution in [2.45, 2.75) is 38.1 Å². The maximum atomic E-state index is 13.3. The third kappa shape index (κ3) is 3.26. The van der Waals surface area contributed by atoms with Gasteiger partial charge in [-0.15, -0.1) is 0 Å². The van der Waals surface area contributed by atoms with E-state index in [0.29, 0.717) is 6.42 Å². The molecule has 6 nitrogen and oxygen atoms in total. The summed E-state index contributed by atoms with van der Waals surface area (Å²) >= 11 is 0. The van der Waals surface area contributed by atoms with E-state index in [0.717, 1.165) is 22.3 Å². The van der Waals surface area contributed by atoms with Gasteiger partial charge in [0.25, 0.3) is 10.0 Å². The van der Waals surface area contributed by atoms with Crippen molar-refractivity contribution in [3.05, 3.63) is 66.5 Å². The summed E-state index contributed by atoms with van der Waals surface area (Å²) in [5, 5.41) is 4.57. The van der Waals surface area contributed by atoms with Gasteiger partial charge in [0.2, 0.25) is 0 Å². The number of hydrazone groups is 1. The summed E-state index contributed by atoms with van der Waals surface area (Å²) in [7, 11) is -3.77. The molecule has 0 radical (unpaired) electrons. The number of aromatic nitrogens is 2. The third-order valence-electron chi connectivity index (χ3n) is 4.90. The molecule has 0 fully saturated rings. The molecule has 0 aliphatic carbocycles. The van der Waals surface area contributed by atoms with E-state index in [1.807, 2.05) is 39.0 Å². The molecule has 0 saturated carbocycles. The monoisotopic (exact) mass is 394 g/mol. The molecule has 28 heavy (non-hydrogen) atoms. The first kappa shape index (κ1) is 18.6. The van der Waals surface area contributed by atoms with Crippen molar-refractivity contribution in [3.8, 4) is 0 Å². The molecule has 1 aliphatic rings. The highest BCUT2D eigenvalue weighted by molar-refractivity contribution is 7.89. The number of fused-ring (bicyclic) bond motifs is 1. The molecule has 0 spiro atoms. The molecule has 7 heteroatoms. The fraction of sp³-hybridized carbons (Fsp3) is 0.286. The Bertz CT molecular complexity index is 1150. The second kappa shape index (κ2) is 6.67. The van der Waals surface area contributed by atoms with Crippen molar-refractivity contribution in [2.75, 3.05) is 0 Å². The molecule has 0 bridgehead atoms. The number of sulfonamides is 1. The van der Waals surface area contributed by atoms with Crippen LogP contribution in [-0.2, 0) is 10.0 Å². The van der Waals surface area contributed by atoms with Crippen LogP contribution in [0.15, 0.2) is 70.9 Å². The van der Waals surface area contributed by atoms with Crippen molar-refractivity contribution >= 4 is 26.8 Å². The van der Waals surface area contributed by atoms with Crippen molar-refractivity contribution in [1.82, 2.24) is 14.4 Å². The second-order valence-electron chi connectivity index (χ2n) is 7.91. The van der Waals surface area contributed by atoms with Crippen LogP contribution in [0.1, 0.15) is 38.8 Å². The number of nitrogens with zero attached hydrogens (tertiary/aromatic N) is 4. The van der Waals surface area contributed by atoms with Crippen LogP contribution in [0.5, 0.6) is 0 Å². The molecule has 144 valence electrons. The topological polar surface area (TPSA) is 75.5 Å². The molecule has 0 N–H and O–H groups in total. The lowest BCUT2D eigenvalue weighted by molar-refractivity contribution is 0.371. The van der Waals surface area contributed by atoms with Gasteiger partial charge < -0.3 is 0 Å². The van der Waals surface area contributed by atoms with Gasteiger partial charge in [0.15, 0.2) is 0 Å². The van der Waals surface area contributed by atoms with Gasteiger partial charge in [0.1, 0.15) is 0 Å². The summed E-state index contributed by atoms with van der Waals surface area (Å²) < 4.78 is 28.0. The summed E-state index contributed by atoms with van der Waals surface area (Å²) in [6, 6.07) is 13.7. The van der Waals surface area contributed by atoms with Gasteiger partial charge in [-0.1, -0.05) is 45.0 Å². The zero-order valence-corrected chi connectivity index (χ0v) is 16.9. The van der Waals surface area contributed by atoms with Crippen molar-refractivity contribution < 1.29 is 8.42 Å². The van der Waals surface area contributed by atoms with Crippen LogP contribution in [0.4, 0.5) is 0 Å². The third-order valence-corrected chi connectivity index (χ3v) is 6.60. The van der Waals surface area contributed by atoms with Crippen LogP contribution in [0.2, 0.25) is 0 Å². The van der Waals surface area contributed by atoms with E-state index < -0.39 is 16.1 Å². The molecule has 1 unspecified atom stereocenters. The standard InChI is InChI=1S/C21H22N4O2S/c1-21(2,3)20-14-19(15-9-10-17-18(13-15)23-12-11-22-17)25(24-20)28(26,27)16-7-5-4-6-8-16/h4-13,19H,14H2,1-3H3. The minimum absolute atomic E-state index is 0.226. The molecule has 0 saturated heterocycles. The van der Waals surface area contributed by atoms with Crippen LogP contribution in [0, 0.1) is 5.41 Å². The van der Waals surface area contributed by atoms with Gasteiger partial charge in [-0.2, -0.15) is 17.9 Å². The molecule has 4 rings (SSSR count). The van der Waals surface area contributed by atoms with Gasteiger partial charge in [-0.3, -0.25) is 9.97 Å². The van der Waals surface area contributed by atoms with Crippen molar-refractivity contribution in [2.24, 2.45) is 10.5 Å². The summed E-state index contributed by atoms with van der Waals surface area (Å²) in [6.07, 6.45) is 3.82. The van der Waals surface area contributed by atoms with Gasteiger partial charge in [-0.05, 0) is 29.8 Å². The number of hydrogen-bond acceptors (Lipinski definition) is 5. The highest BCUT2D eigenvalue weighted by atomic mass is 32.2. The number of rotatable bonds is 3. The lowest BCUT2D eigenvalue weighted by Gasteiger charge is -2.23. The fourth-order valence-electron chi connectivity index (χ4n) is 3.30. The molecular formula is C21H22N4O2S. The molecular weight excluding hydrogens is 372 g/mol. The Hall–Kier alpha value is -2.80. The summed E-state index contributed by atoms with van der Waals surface area (Å²) in [6.45, 7) is 6.15. The SMILES string of the molecule is CC(C)(C)C1=NN(S(=O)(=O)c2ccccc2)C(c2ccc3nccnc3c2)C1. The Morgan fingerprint density at radius 2 is 1.64 bits per heavy atom. The molecule has 3 aromatic rings. The fourth-order valence-corrected chi connectivity index (χ4v) is 4.76. The minimum Gasteiger partial charge on any atom is -0.253 e. The molecule has 2 heterocycles. The van der Waals surface area contributed by atoms with Crippen molar-refractivity contribution in [3.63, 3.8) is 0 Å². The Kier molecular flexibility index (Phi) is 4.42. The van der Waals surface area contributed by atoms with E-state index in [2.05, 4.69) is 15.1 Å². The van der Waals surface area contributed by atoms with E-state index in [1.165, 1.54) is 4.41 Å². The van der Waals surface area contributed by atoms with Gasteiger partial charge in [-0.25, -0.2) is 0 Å². The largest absolute Gasteiger partial charge is 0.279 e. The van der Waals surface area contributed by atoms with Crippen LogP contribution < -0.4 is 0 Å². The Balaban J connectivity index is 1.82. The van der Waals surface area contributed by atoms with Crippen LogP contribution >= 0.6 is 0 Å². The van der Waals surface area contributed by atoms with Crippen LogP contribution in [-0.4, -0.2) is 28.5 Å². The maximum Gasteiger partial charge on any atom is 0.279 e. The number of hydrogen-bond donors (Lipinski definition) is 0. The molecule has 1 aliphatic heterocycles. The predicted octanol–water partition coefficient (Wildman–Crippen LogP) is 4.17. The second-order valence-corrected chi connectivity index (χ2v) is 9.71. The van der Waals surface area contributed by atoms with Crippen LogP contribution in [0.25, 0.3) is 11.0 Å². The highest BCUT2D eigenvalue weighted by Gasteiger charge is 2.40. The van der Waals surface area contributed by atoms with E-state index in [1.54, 1.807) is 42.7 Å². The smallest absolute Gasteiger partial charge is 0.253 e. The van der Waals surface area contributed by atoms with E-state index in [4.69, 9.17) is 0 Å². The normalized spacial score (nSPS) is 17.8. The Morgan fingerprint density at radius 3 is 2.32 bits per heavy atom. The quantitative estimate of drug-likeness (QED) is 0.668. The van der Waals surface area contributed by atoms with E-state index >= 15 is 0 Å².